The Morgan fingerprint density at radius 2 is 0.656 bits per heavy atom. The molecule has 0 unspecified atom stereocenters. The highest BCUT2D eigenvalue weighted by molar-refractivity contribution is 5.37. The predicted octanol–water partition coefficient (Wildman–Crippen LogP) is 3.04. The Morgan fingerprint density at radius 1 is 0.438 bits per heavy atom. The fourth-order valence-corrected chi connectivity index (χ4v) is 2.19. The SMILES string of the molecule is COc1nc(NC(C)C)nc(NC(C)C)n1.COc1nc(NC(C)C)nc(NC(C)C)n1. The standard InChI is InChI=1S/2C10H19N5O/c2*1-6(2)11-8-13-9(12-7(3)4)15-10(14-8)16-5/h2*6-7H,1-5H3,(H2,11,12,13,14,15). The van der Waals surface area contributed by atoms with Crippen molar-refractivity contribution in [2.75, 3.05) is 35.5 Å². The summed E-state index contributed by atoms with van der Waals surface area (Å²) < 4.78 is 10.0. The minimum atomic E-state index is 0.263. The third-order valence-corrected chi connectivity index (χ3v) is 3.27. The first-order valence-corrected chi connectivity index (χ1v) is 10.7. The van der Waals surface area contributed by atoms with E-state index in [4.69, 9.17) is 9.47 Å². The van der Waals surface area contributed by atoms with E-state index < -0.39 is 0 Å². The number of methoxy groups -OCH3 is 2. The van der Waals surface area contributed by atoms with E-state index in [0.717, 1.165) is 0 Å². The average Bonchev–Trinajstić information content (AvgIpc) is 2.65. The van der Waals surface area contributed by atoms with Gasteiger partial charge >= 0.3 is 12.0 Å². The van der Waals surface area contributed by atoms with E-state index in [0.29, 0.717) is 35.8 Å². The Bertz CT molecular complexity index is 691. The Kier molecular flexibility index (Phi) is 11.1. The summed E-state index contributed by atoms with van der Waals surface area (Å²) in [5.74, 6) is 2.07. The summed E-state index contributed by atoms with van der Waals surface area (Å²) in [4.78, 5) is 24.9. The molecule has 12 heteroatoms. The molecule has 0 amide bonds. The van der Waals surface area contributed by atoms with Crippen molar-refractivity contribution in [1.82, 2.24) is 29.9 Å². The zero-order valence-corrected chi connectivity index (χ0v) is 20.8. The molecule has 0 aliphatic rings. The van der Waals surface area contributed by atoms with Crippen LogP contribution in [0.15, 0.2) is 0 Å². The molecule has 12 nitrogen and oxygen atoms in total. The summed E-state index contributed by atoms with van der Waals surface area (Å²) in [6, 6.07) is 1.67. The molecule has 0 aromatic carbocycles. The van der Waals surface area contributed by atoms with Crippen LogP contribution in [-0.4, -0.2) is 68.3 Å². The zero-order valence-electron chi connectivity index (χ0n) is 20.8. The molecule has 0 radical (unpaired) electrons. The van der Waals surface area contributed by atoms with Gasteiger partial charge in [0.25, 0.3) is 0 Å². The molecule has 2 aromatic heterocycles. The normalized spacial score (nSPS) is 10.7. The Labute approximate surface area is 190 Å². The molecule has 0 spiro atoms. The van der Waals surface area contributed by atoms with E-state index in [2.05, 4.69) is 51.2 Å². The van der Waals surface area contributed by atoms with Crippen molar-refractivity contribution in [3.8, 4) is 12.0 Å². The first-order valence-electron chi connectivity index (χ1n) is 10.7. The van der Waals surface area contributed by atoms with Crippen molar-refractivity contribution >= 4 is 23.8 Å². The molecule has 0 fully saturated rings. The fourth-order valence-electron chi connectivity index (χ4n) is 2.19. The van der Waals surface area contributed by atoms with Gasteiger partial charge in [-0.2, -0.15) is 29.9 Å². The fraction of sp³-hybridized carbons (Fsp3) is 0.700. The Hall–Kier alpha value is -3.18. The van der Waals surface area contributed by atoms with E-state index in [1.807, 2.05) is 55.4 Å². The molecular weight excluding hydrogens is 412 g/mol. The molecule has 0 saturated carbocycles. The summed E-state index contributed by atoms with van der Waals surface area (Å²) in [6.45, 7) is 16.2. The largest absolute Gasteiger partial charge is 0.467 e. The van der Waals surface area contributed by atoms with Crippen molar-refractivity contribution in [3.05, 3.63) is 0 Å². The summed E-state index contributed by atoms with van der Waals surface area (Å²) >= 11 is 0. The number of rotatable bonds is 10. The molecule has 0 bridgehead atoms. The Balaban J connectivity index is 0.000000320. The highest BCUT2D eigenvalue weighted by Gasteiger charge is 2.09. The lowest BCUT2D eigenvalue weighted by Crippen LogP contribution is -2.17. The molecule has 180 valence electrons. The van der Waals surface area contributed by atoms with Crippen LogP contribution in [0.2, 0.25) is 0 Å². The molecule has 0 aliphatic carbocycles. The zero-order chi connectivity index (χ0) is 24.3. The highest BCUT2D eigenvalue weighted by Crippen LogP contribution is 2.13. The van der Waals surface area contributed by atoms with E-state index in [1.165, 1.54) is 14.2 Å². The van der Waals surface area contributed by atoms with Gasteiger partial charge in [-0.15, -0.1) is 0 Å². The molecule has 2 aromatic rings. The highest BCUT2D eigenvalue weighted by atomic mass is 16.5. The number of anilines is 4. The van der Waals surface area contributed by atoms with Gasteiger partial charge in [0.15, 0.2) is 0 Å². The number of aromatic nitrogens is 6. The third kappa shape index (κ3) is 10.7. The number of nitrogens with one attached hydrogen (secondary N) is 4. The van der Waals surface area contributed by atoms with Crippen molar-refractivity contribution in [1.29, 1.82) is 0 Å². The molecule has 2 heterocycles. The van der Waals surface area contributed by atoms with Crippen LogP contribution in [0.5, 0.6) is 12.0 Å². The molecule has 4 N–H and O–H groups in total. The summed E-state index contributed by atoms with van der Waals surface area (Å²) in [6.07, 6.45) is 0. The minimum Gasteiger partial charge on any atom is -0.467 e. The van der Waals surface area contributed by atoms with Crippen LogP contribution < -0.4 is 30.7 Å². The Morgan fingerprint density at radius 3 is 0.812 bits per heavy atom. The summed E-state index contributed by atoms with van der Waals surface area (Å²) in [5, 5.41) is 12.4. The van der Waals surface area contributed by atoms with E-state index in [9.17, 15) is 0 Å². The summed E-state index contributed by atoms with van der Waals surface area (Å²) in [5.41, 5.74) is 0. The van der Waals surface area contributed by atoms with Crippen molar-refractivity contribution in [3.63, 3.8) is 0 Å². The lowest BCUT2D eigenvalue weighted by Gasteiger charge is -2.12. The second-order valence-electron chi connectivity index (χ2n) is 8.13. The average molecular weight is 451 g/mol. The number of hydrogen-bond acceptors (Lipinski definition) is 12. The van der Waals surface area contributed by atoms with Gasteiger partial charge in [0.05, 0.1) is 14.2 Å². The van der Waals surface area contributed by atoms with E-state index in [1.54, 1.807) is 0 Å². The smallest absolute Gasteiger partial charge is 0.322 e. The van der Waals surface area contributed by atoms with Gasteiger partial charge in [0.2, 0.25) is 23.8 Å². The lowest BCUT2D eigenvalue weighted by molar-refractivity contribution is 0.379. The van der Waals surface area contributed by atoms with E-state index >= 15 is 0 Å². The molecule has 32 heavy (non-hydrogen) atoms. The number of nitrogens with zero attached hydrogens (tertiary/aromatic N) is 6. The van der Waals surface area contributed by atoms with Crippen molar-refractivity contribution < 1.29 is 9.47 Å². The van der Waals surface area contributed by atoms with Crippen LogP contribution >= 0.6 is 0 Å². The van der Waals surface area contributed by atoms with E-state index in [-0.39, 0.29) is 24.2 Å². The predicted molar refractivity (Wildman–Crippen MR) is 128 cm³/mol. The maximum absolute atomic E-state index is 5.02. The topological polar surface area (TPSA) is 144 Å². The maximum Gasteiger partial charge on any atom is 0.322 e. The van der Waals surface area contributed by atoms with Gasteiger partial charge in [0, 0.05) is 24.2 Å². The minimum absolute atomic E-state index is 0.263. The van der Waals surface area contributed by atoms with Crippen LogP contribution in [-0.2, 0) is 0 Å². The van der Waals surface area contributed by atoms with Crippen molar-refractivity contribution in [2.45, 2.75) is 79.6 Å². The van der Waals surface area contributed by atoms with Gasteiger partial charge < -0.3 is 30.7 Å². The lowest BCUT2D eigenvalue weighted by atomic mass is 10.4. The van der Waals surface area contributed by atoms with Crippen LogP contribution in [0, 0.1) is 0 Å². The maximum atomic E-state index is 5.02. The molecule has 0 aliphatic heterocycles. The molecule has 0 saturated heterocycles. The second kappa shape index (κ2) is 13.3. The first-order chi connectivity index (χ1) is 15.0. The van der Waals surface area contributed by atoms with Gasteiger partial charge in [0.1, 0.15) is 0 Å². The van der Waals surface area contributed by atoms with Crippen LogP contribution in [0.3, 0.4) is 0 Å². The molecule has 2 rings (SSSR count). The number of hydrogen-bond donors (Lipinski definition) is 4. The molecule has 0 atom stereocenters. The van der Waals surface area contributed by atoms with Crippen LogP contribution in [0.25, 0.3) is 0 Å². The monoisotopic (exact) mass is 450 g/mol. The van der Waals surface area contributed by atoms with Crippen molar-refractivity contribution in [2.24, 2.45) is 0 Å². The van der Waals surface area contributed by atoms with Gasteiger partial charge in [-0.05, 0) is 55.4 Å². The first kappa shape index (κ1) is 26.9. The van der Waals surface area contributed by atoms with Gasteiger partial charge in [-0.25, -0.2) is 0 Å². The quantitative estimate of drug-likeness (QED) is 0.422. The third-order valence-electron chi connectivity index (χ3n) is 3.27. The second-order valence-corrected chi connectivity index (χ2v) is 8.13. The van der Waals surface area contributed by atoms with Crippen LogP contribution in [0.1, 0.15) is 55.4 Å². The van der Waals surface area contributed by atoms with Gasteiger partial charge in [-0.3, -0.25) is 0 Å². The van der Waals surface area contributed by atoms with Gasteiger partial charge in [-0.1, -0.05) is 0 Å². The van der Waals surface area contributed by atoms with Crippen LogP contribution in [0.4, 0.5) is 23.8 Å². The number of ether oxygens (including phenoxy) is 2. The summed E-state index contributed by atoms with van der Waals surface area (Å²) in [7, 11) is 3.07. The molecular formula is C20H38N10O2.